The molecule has 0 bridgehead atoms. The topological polar surface area (TPSA) is 49.7 Å². The van der Waals surface area contributed by atoms with Crippen molar-refractivity contribution in [1.29, 1.82) is 0 Å². The first-order valence-electron chi connectivity index (χ1n) is 7.58. The van der Waals surface area contributed by atoms with Gasteiger partial charge >= 0.3 is 0 Å². The highest BCUT2D eigenvalue weighted by atomic mass is 16.5. The number of aliphatic hydroxyl groups is 2. The summed E-state index contributed by atoms with van der Waals surface area (Å²) in [6.45, 7) is -2.47. The number of hydrogen-bond acceptors (Lipinski definition) is 3. The summed E-state index contributed by atoms with van der Waals surface area (Å²) in [6, 6.07) is 0. The lowest BCUT2D eigenvalue weighted by atomic mass is 10.0. The van der Waals surface area contributed by atoms with Crippen LogP contribution in [0.3, 0.4) is 0 Å². The number of ether oxygens (including phenoxy) is 1. The molecule has 0 aromatic rings. The Bertz CT molecular complexity index is 266. The van der Waals surface area contributed by atoms with E-state index in [0.717, 1.165) is 25.7 Å². The van der Waals surface area contributed by atoms with Crippen LogP contribution in [0.25, 0.3) is 0 Å². The first-order chi connectivity index (χ1) is 8.49. The second-order valence-electron chi connectivity index (χ2n) is 3.29. The monoisotopic (exact) mass is 209 g/mol. The van der Waals surface area contributed by atoms with Crippen molar-refractivity contribution in [3.05, 3.63) is 0 Å². The molecule has 3 nitrogen and oxygen atoms in total. The molecular formula is C11H24O3. The lowest BCUT2D eigenvalue weighted by Gasteiger charge is -2.15. The fourth-order valence-corrected chi connectivity index (χ4v) is 1.15. The van der Waals surface area contributed by atoms with E-state index in [4.69, 9.17) is 16.7 Å². The van der Waals surface area contributed by atoms with Gasteiger partial charge in [-0.2, -0.15) is 0 Å². The summed E-state index contributed by atoms with van der Waals surface area (Å²) in [6.07, 6.45) is 0.189. The summed E-state index contributed by atoms with van der Waals surface area (Å²) in [5.74, 6) is 0.0791. The second-order valence-corrected chi connectivity index (χ2v) is 3.29. The number of hydrogen-bond donors (Lipinski definition) is 2. The van der Waals surface area contributed by atoms with Crippen LogP contribution >= 0.6 is 0 Å². The normalized spacial score (nSPS) is 25.0. The van der Waals surface area contributed by atoms with Crippen LogP contribution in [0.4, 0.5) is 0 Å². The minimum atomic E-state index is -3.42. The summed E-state index contributed by atoms with van der Waals surface area (Å²) in [5, 5.41) is 18.5. The summed E-state index contributed by atoms with van der Waals surface area (Å²) in [4.78, 5) is 0. The molecule has 2 unspecified atom stereocenters. The van der Waals surface area contributed by atoms with Gasteiger partial charge in [-0.15, -0.1) is 0 Å². The largest absolute Gasteiger partial charge is 0.394 e. The third-order valence-corrected chi connectivity index (χ3v) is 2.14. The van der Waals surface area contributed by atoms with Crippen LogP contribution in [-0.2, 0) is 4.74 Å². The summed E-state index contributed by atoms with van der Waals surface area (Å²) >= 11 is 0. The molecule has 0 aliphatic heterocycles. The van der Waals surface area contributed by atoms with Crippen molar-refractivity contribution in [3.63, 3.8) is 0 Å². The molecule has 0 spiro atoms. The van der Waals surface area contributed by atoms with Crippen LogP contribution in [0.1, 0.15) is 46.4 Å². The molecule has 86 valence electrons. The van der Waals surface area contributed by atoms with Gasteiger partial charge in [0.05, 0.1) is 20.0 Å². The summed E-state index contributed by atoms with van der Waals surface area (Å²) in [7, 11) is 0. The molecule has 0 radical (unpaired) electrons. The van der Waals surface area contributed by atoms with Crippen molar-refractivity contribution in [2.24, 2.45) is 5.92 Å². The molecule has 0 rings (SSSR count). The van der Waals surface area contributed by atoms with Crippen LogP contribution < -0.4 is 0 Å². The first-order valence-corrected chi connectivity index (χ1v) is 5.08. The molecule has 0 fully saturated rings. The third-order valence-electron chi connectivity index (χ3n) is 2.14. The molecule has 0 amide bonds. The Hall–Kier alpha value is -0.120. The molecule has 0 saturated heterocycles. The van der Waals surface area contributed by atoms with Crippen molar-refractivity contribution in [1.82, 2.24) is 0 Å². The highest BCUT2D eigenvalue weighted by Crippen LogP contribution is 2.12. The van der Waals surface area contributed by atoms with E-state index in [0.29, 0.717) is 0 Å². The zero-order valence-corrected chi connectivity index (χ0v) is 8.92. The Kier molecular flexibility index (Phi) is 4.85. The van der Waals surface area contributed by atoms with Gasteiger partial charge in [-0.3, -0.25) is 0 Å². The molecule has 0 aliphatic rings. The molecular weight excluding hydrogens is 180 g/mol. The van der Waals surface area contributed by atoms with Crippen molar-refractivity contribution in [2.75, 3.05) is 19.7 Å². The van der Waals surface area contributed by atoms with E-state index in [1.54, 1.807) is 0 Å². The fraction of sp³-hybridized carbons (Fsp3) is 1.00. The van der Waals surface area contributed by atoms with Gasteiger partial charge < -0.3 is 14.9 Å². The smallest absolute Gasteiger partial charge is 0.100 e. The van der Waals surface area contributed by atoms with Gasteiger partial charge in [0.25, 0.3) is 0 Å². The average Bonchev–Trinajstić information content (AvgIpc) is 2.27. The van der Waals surface area contributed by atoms with Crippen LogP contribution in [0, 0.1) is 5.92 Å². The highest BCUT2D eigenvalue weighted by Gasteiger charge is 2.07. The summed E-state index contributed by atoms with van der Waals surface area (Å²) < 4.78 is 40.8. The Morgan fingerprint density at radius 3 is 2.71 bits per heavy atom. The Morgan fingerprint density at radius 2 is 2.21 bits per heavy atom. The molecule has 0 heterocycles. The number of rotatable bonds is 9. The van der Waals surface area contributed by atoms with Gasteiger partial charge in [0.2, 0.25) is 0 Å². The summed E-state index contributed by atoms with van der Waals surface area (Å²) in [5.41, 5.74) is 0. The molecule has 0 aromatic carbocycles. The maximum Gasteiger partial charge on any atom is 0.100 e. The molecule has 0 aromatic heterocycles. The van der Waals surface area contributed by atoms with Crippen LogP contribution in [-0.4, -0.2) is 36.0 Å². The van der Waals surface area contributed by atoms with Crippen molar-refractivity contribution < 1.29 is 21.8 Å². The van der Waals surface area contributed by atoms with E-state index in [-0.39, 0.29) is 12.5 Å². The lowest BCUT2D eigenvalue weighted by Crippen LogP contribution is -2.21. The van der Waals surface area contributed by atoms with E-state index in [1.165, 1.54) is 0 Å². The zero-order valence-electron chi connectivity index (χ0n) is 13.9. The fourth-order valence-electron chi connectivity index (χ4n) is 1.15. The average molecular weight is 209 g/mol. The quantitative estimate of drug-likeness (QED) is 0.606. The molecule has 3 heteroatoms. The molecule has 14 heavy (non-hydrogen) atoms. The van der Waals surface area contributed by atoms with E-state index >= 15 is 0 Å². The van der Waals surface area contributed by atoms with E-state index in [2.05, 4.69) is 0 Å². The SMILES string of the molecule is [2H]C([2H])(O)C([2H])(O)C([2H])([2H])OCC(CC)CCCC. The maximum atomic E-state index is 9.48. The minimum absolute atomic E-state index is 0.0270. The van der Waals surface area contributed by atoms with Gasteiger partial charge in [-0.25, -0.2) is 0 Å². The third kappa shape index (κ3) is 7.30. The van der Waals surface area contributed by atoms with Crippen LogP contribution in [0.15, 0.2) is 0 Å². The van der Waals surface area contributed by atoms with Gasteiger partial charge in [0.1, 0.15) is 6.08 Å². The van der Waals surface area contributed by atoms with Gasteiger partial charge in [0.15, 0.2) is 0 Å². The van der Waals surface area contributed by atoms with Crippen molar-refractivity contribution in [3.8, 4) is 0 Å². The molecule has 0 saturated carbocycles. The zero-order chi connectivity index (χ0) is 15.3. The van der Waals surface area contributed by atoms with E-state index in [9.17, 15) is 5.11 Å². The maximum absolute atomic E-state index is 9.48. The molecule has 2 N–H and O–H groups in total. The standard InChI is InChI=1S/C11H24O3/c1-3-5-6-10(4-2)8-14-9-11(13)7-12/h10-13H,3-9H2,1-2H3/i7D2,9D2,11D. The van der Waals surface area contributed by atoms with Gasteiger partial charge in [-0.05, 0) is 12.3 Å². The van der Waals surface area contributed by atoms with Crippen molar-refractivity contribution >= 4 is 0 Å². The Labute approximate surface area is 94.1 Å². The molecule has 0 aliphatic carbocycles. The molecule has 2 atom stereocenters. The predicted octanol–water partition coefficient (Wildman–Crippen LogP) is 1.57. The lowest BCUT2D eigenvalue weighted by molar-refractivity contribution is -0.00599. The van der Waals surface area contributed by atoms with Gasteiger partial charge in [-0.1, -0.05) is 33.1 Å². The predicted molar refractivity (Wildman–Crippen MR) is 57.2 cm³/mol. The number of unbranched alkanes of at least 4 members (excludes halogenated alkanes) is 1. The first kappa shape index (κ1) is 7.20. The highest BCUT2D eigenvalue weighted by molar-refractivity contribution is 4.57. The minimum Gasteiger partial charge on any atom is -0.394 e. The Morgan fingerprint density at radius 1 is 1.50 bits per heavy atom. The van der Waals surface area contributed by atoms with E-state index in [1.807, 2.05) is 13.8 Å². The van der Waals surface area contributed by atoms with Gasteiger partial charge in [0, 0.05) is 6.61 Å². The second kappa shape index (κ2) is 9.44. The Balaban J connectivity index is 4.60. The van der Waals surface area contributed by atoms with Crippen LogP contribution in [0.2, 0.25) is 0 Å². The van der Waals surface area contributed by atoms with Crippen LogP contribution in [0.5, 0.6) is 0 Å². The van der Waals surface area contributed by atoms with E-state index < -0.39 is 19.2 Å². The van der Waals surface area contributed by atoms with Crippen molar-refractivity contribution in [2.45, 2.75) is 45.6 Å².